The molecule has 4 nitrogen and oxygen atoms in total. The van der Waals surface area contributed by atoms with E-state index in [1.165, 1.54) is 5.56 Å². The number of hydrogen-bond donors (Lipinski definition) is 2. The number of carboxylic acids is 1. The van der Waals surface area contributed by atoms with Gasteiger partial charge in [0.15, 0.2) is 0 Å². The summed E-state index contributed by atoms with van der Waals surface area (Å²) in [7, 11) is 0. The smallest absolute Gasteiger partial charge is 0.304 e. The molecule has 1 heterocycles. The Morgan fingerprint density at radius 1 is 1.37 bits per heavy atom. The third-order valence-corrected chi connectivity index (χ3v) is 3.22. The number of nitrogens with zero attached hydrogens (tertiary/aromatic N) is 1. The molecule has 2 aromatic rings. The predicted octanol–water partition coefficient (Wildman–Crippen LogP) is 3.22. The molecule has 0 saturated carbocycles. The van der Waals surface area contributed by atoms with Gasteiger partial charge in [0.1, 0.15) is 5.82 Å². The quantitative estimate of drug-likeness (QED) is 0.865. The minimum atomic E-state index is -0.808. The molecular formula is C15H18N2O2. The molecule has 1 unspecified atom stereocenters. The van der Waals surface area contributed by atoms with Gasteiger partial charge in [0.05, 0.1) is 18.3 Å². The average Bonchev–Trinajstić information content (AvgIpc) is 2.88. The van der Waals surface area contributed by atoms with Gasteiger partial charge in [0.25, 0.3) is 0 Å². The Morgan fingerprint density at radius 2 is 2.05 bits per heavy atom. The summed E-state index contributed by atoms with van der Waals surface area (Å²) >= 11 is 0. The van der Waals surface area contributed by atoms with E-state index in [0.717, 1.165) is 23.5 Å². The number of hydrogen-bond acceptors (Lipinski definition) is 2. The molecule has 0 fully saturated rings. The molecule has 0 aliphatic heterocycles. The maximum absolute atomic E-state index is 10.7. The van der Waals surface area contributed by atoms with E-state index in [-0.39, 0.29) is 12.3 Å². The molecule has 19 heavy (non-hydrogen) atoms. The van der Waals surface area contributed by atoms with Crippen LogP contribution in [0, 0.1) is 0 Å². The number of aromatic amines is 1. The summed E-state index contributed by atoms with van der Waals surface area (Å²) in [6.07, 6.45) is 2.86. The Morgan fingerprint density at radius 3 is 2.63 bits per heavy atom. The summed E-state index contributed by atoms with van der Waals surface area (Å²) in [5, 5.41) is 8.79. The molecule has 2 N–H and O–H groups in total. The van der Waals surface area contributed by atoms with Gasteiger partial charge in [-0.15, -0.1) is 0 Å². The lowest BCUT2D eigenvalue weighted by Crippen LogP contribution is -2.04. The zero-order valence-electron chi connectivity index (χ0n) is 11.2. The molecule has 1 atom stereocenters. The molecule has 4 heteroatoms. The summed E-state index contributed by atoms with van der Waals surface area (Å²) in [6, 6.07) is 8.29. The number of imidazole rings is 1. The number of aliphatic carboxylic acids is 1. The Balaban J connectivity index is 2.17. The van der Waals surface area contributed by atoms with E-state index < -0.39 is 5.97 Å². The van der Waals surface area contributed by atoms with Crippen molar-refractivity contribution in [2.45, 2.75) is 32.6 Å². The Labute approximate surface area is 112 Å². The molecule has 0 radical (unpaired) electrons. The third kappa shape index (κ3) is 3.22. The van der Waals surface area contributed by atoms with Gasteiger partial charge in [0, 0.05) is 5.92 Å². The molecule has 1 aromatic carbocycles. The number of nitrogens with one attached hydrogen (secondary N) is 1. The Kier molecular flexibility index (Phi) is 4.00. The van der Waals surface area contributed by atoms with Crippen LogP contribution in [0.5, 0.6) is 0 Å². The van der Waals surface area contributed by atoms with Crippen molar-refractivity contribution in [3.8, 4) is 11.3 Å². The fourth-order valence-electron chi connectivity index (χ4n) is 2.01. The van der Waals surface area contributed by atoms with E-state index in [9.17, 15) is 4.79 Å². The van der Waals surface area contributed by atoms with Crippen LogP contribution >= 0.6 is 0 Å². The van der Waals surface area contributed by atoms with Crippen molar-refractivity contribution < 1.29 is 9.90 Å². The fraction of sp³-hybridized carbons (Fsp3) is 0.333. The molecule has 0 spiro atoms. The van der Waals surface area contributed by atoms with Crippen molar-refractivity contribution in [1.82, 2.24) is 9.97 Å². The van der Waals surface area contributed by atoms with Gasteiger partial charge in [-0.1, -0.05) is 38.1 Å². The summed E-state index contributed by atoms with van der Waals surface area (Å²) in [6.45, 7) is 3.98. The van der Waals surface area contributed by atoms with Gasteiger partial charge in [-0.05, 0) is 17.5 Å². The lowest BCUT2D eigenvalue weighted by Gasteiger charge is -2.04. The molecular weight excluding hydrogens is 240 g/mol. The van der Waals surface area contributed by atoms with Crippen molar-refractivity contribution in [3.05, 3.63) is 41.9 Å². The second kappa shape index (κ2) is 5.69. The second-order valence-corrected chi connectivity index (χ2v) is 4.73. The van der Waals surface area contributed by atoms with Crippen molar-refractivity contribution >= 4 is 5.97 Å². The van der Waals surface area contributed by atoms with E-state index in [4.69, 9.17) is 5.11 Å². The summed E-state index contributed by atoms with van der Waals surface area (Å²) in [4.78, 5) is 18.2. The monoisotopic (exact) mass is 258 g/mol. The summed E-state index contributed by atoms with van der Waals surface area (Å²) < 4.78 is 0. The number of aromatic nitrogens is 2. The maximum atomic E-state index is 10.7. The highest BCUT2D eigenvalue weighted by molar-refractivity contribution is 5.67. The van der Waals surface area contributed by atoms with Crippen LogP contribution in [0.3, 0.4) is 0 Å². The van der Waals surface area contributed by atoms with Crippen LogP contribution in [0.25, 0.3) is 11.3 Å². The first kappa shape index (κ1) is 13.3. The number of H-pyrrole nitrogens is 1. The third-order valence-electron chi connectivity index (χ3n) is 3.22. The van der Waals surface area contributed by atoms with Gasteiger partial charge >= 0.3 is 5.97 Å². The predicted molar refractivity (Wildman–Crippen MR) is 74.1 cm³/mol. The van der Waals surface area contributed by atoms with Crippen LogP contribution in [0.4, 0.5) is 0 Å². The largest absolute Gasteiger partial charge is 0.481 e. The van der Waals surface area contributed by atoms with Gasteiger partial charge in [-0.3, -0.25) is 4.79 Å². The Hall–Kier alpha value is -2.10. The lowest BCUT2D eigenvalue weighted by molar-refractivity contribution is -0.137. The highest BCUT2D eigenvalue weighted by atomic mass is 16.4. The zero-order valence-corrected chi connectivity index (χ0v) is 11.2. The maximum Gasteiger partial charge on any atom is 0.304 e. The molecule has 1 aromatic heterocycles. The first-order valence-electron chi connectivity index (χ1n) is 6.46. The lowest BCUT2D eigenvalue weighted by atomic mass is 10.1. The summed E-state index contributed by atoms with van der Waals surface area (Å²) in [5.74, 6) is -0.198. The van der Waals surface area contributed by atoms with E-state index in [1.54, 1.807) is 6.20 Å². The van der Waals surface area contributed by atoms with E-state index in [2.05, 4.69) is 41.2 Å². The SMILES string of the molecule is CCc1ccc(-c2cnc(C(C)CC(=O)O)[nH]2)cc1. The number of carbonyl (C=O) groups is 1. The fourth-order valence-corrected chi connectivity index (χ4v) is 2.01. The van der Waals surface area contributed by atoms with Crippen LogP contribution in [0.2, 0.25) is 0 Å². The van der Waals surface area contributed by atoms with Gasteiger partial charge in [-0.25, -0.2) is 4.98 Å². The molecule has 0 bridgehead atoms. The van der Waals surface area contributed by atoms with Crippen molar-refractivity contribution in [2.24, 2.45) is 0 Å². The minimum absolute atomic E-state index is 0.0850. The van der Waals surface area contributed by atoms with Crippen LogP contribution in [-0.4, -0.2) is 21.0 Å². The standard InChI is InChI=1S/C15H18N2O2/c1-3-11-4-6-12(7-5-11)13-9-16-15(17-13)10(2)8-14(18)19/h4-7,9-10H,3,8H2,1-2H3,(H,16,17)(H,18,19). The van der Waals surface area contributed by atoms with Gasteiger partial charge in [0.2, 0.25) is 0 Å². The normalized spacial score (nSPS) is 12.3. The van der Waals surface area contributed by atoms with Gasteiger partial charge in [-0.2, -0.15) is 0 Å². The van der Waals surface area contributed by atoms with Gasteiger partial charge < -0.3 is 10.1 Å². The van der Waals surface area contributed by atoms with Crippen LogP contribution in [-0.2, 0) is 11.2 Å². The average molecular weight is 258 g/mol. The highest BCUT2D eigenvalue weighted by Gasteiger charge is 2.13. The molecule has 100 valence electrons. The highest BCUT2D eigenvalue weighted by Crippen LogP contribution is 2.22. The molecule has 0 aliphatic rings. The number of benzene rings is 1. The van der Waals surface area contributed by atoms with Crippen molar-refractivity contribution in [1.29, 1.82) is 0 Å². The van der Waals surface area contributed by atoms with E-state index >= 15 is 0 Å². The zero-order chi connectivity index (χ0) is 13.8. The molecule has 2 rings (SSSR count). The number of rotatable bonds is 5. The summed E-state index contributed by atoms with van der Waals surface area (Å²) in [5.41, 5.74) is 3.29. The Bertz CT molecular complexity index is 558. The number of carboxylic acid groups (broad SMARTS) is 1. The minimum Gasteiger partial charge on any atom is -0.481 e. The van der Waals surface area contributed by atoms with Crippen LogP contribution in [0.1, 0.15) is 37.6 Å². The molecule has 0 aliphatic carbocycles. The first-order chi connectivity index (χ1) is 9.10. The molecule has 0 saturated heterocycles. The second-order valence-electron chi connectivity index (χ2n) is 4.73. The molecule has 0 amide bonds. The van der Waals surface area contributed by atoms with Crippen LogP contribution < -0.4 is 0 Å². The van der Waals surface area contributed by atoms with Crippen molar-refractivity contribution in [3.63, 3.8) is 0 Å². The van der Waals surface area contributed by atoms with Crippen LogP contribution in [0.15, 0.2) is 30.5 Å². The van der Waals surface area contributed by atoms with Crippen molar-refractivity contribution in [2.75, 3.05) is 0 Å². The van der Waals surface area contributed by atoms with E-state index in [1.807, 2.05) is 6.92 Å². The first-order valence-corrected chi connectivity index (χ1v) is 6.46. The topological polar surface area (TPSA) is 66.0 Å². The van der Waals surface area contributed by atoms with E-state index in [0.29, 0.717) is 0 Å². The number of aryl methyl sites for hydroxylation is 1.